The van der Waals surface area contributed by atoms with Gasteiger partial charge in [-0.05, 0) is 37.8 Å². The number of hydrogen-bond acceptors (Lipinski definition) is 8. The number of nitrogens with zero attached hydrogens (tertiary/aromatic N) is 2. The highest BCUT2D eigenvalue weighted by molar-refractivity contribution is 7.07. The van der Waals surface area contributed by atoms with Gasteiger partial charge in [0.2, 0.25) is 17.7 Å². The van der Waals surface area contributed by atoms with Crippen LogP contribution in [0.5, 0.6) is 0 Å². The number of amides is 3. The molecule has 1 heterocycles. The van der Waals surface area contributed by atoms with Crippen LogP contribution >= 0.6 is 11.3 Å². The van der Waals surface area contributed by atoms with Crippen molar-refractivity contribution < 1.29 is 24.6 Å². The fraction of sp³-hybridized carbons (Fsp3) is 0.647. The number of rotatable bonds is 19. The maximum absolute atomic E-state index is 13.9. The number of benzene rings is 1. The largest absolute Gasteiger partial charge is 0.390 e. The lowest BCUT2D eigenvalue weighted by Crippen LogP contribution is -2.56. The van der Waals surface area contributed by atoms with Crippen LogP contribution in [0.1, 0.15) is 76.0 Å². The molecule has 250 valence electrons. The first-order chi connectivity index (χ1) is 21.7. The molecule has 1 aromatic carbocycles. The molecule has 3 amide bonds. The molecule has 1 aliphatic carbocycles. The zero-order valence-electron chi connectivity index (χ0n) is 27.1. The van der Waals surface area contributed by atoms with Crippen molar-refractivity contribution in [1.82, 2.24) is 25.8 Å². The van der Waals surface area contributed by atoms with E-state index < -0.39 is 36.1 Å². The fourth-order valence-electron chi connectivity index (χ4n) is 6.06. The molecule has 11 heteroatoms. The molecule has 1 saturated carbocycles. The average Bonchev–Trinajstić information content (AvgIpc) is 3.56. The van der Waals surface area contributed by atoms with E-state index in [2.05, 4.69) is 20.9 Å². The van der Waals surface area contributed by atoms with E-state index in [9.17, 15) is 24.6 Å². The highest BCUT2D eigenvalue weighted by atomic mass is 32.1. The lowest BCUT2D eigenvalue weighted by Gasteiger charge is -2.33. The van der Waals surface area contributed by atoms with Gasteiger partial charge in [-0.15, -0.1) is 11.3 Å². The van der Waals surface area contributed by atoms with Gasteiger partial charge in [-0.1, -0.05) is 75.8 Å². The van der Waals surface area contributed by atoms with Crippen molar-refractivity contribution >= 4 is 29.1 Å². The average molecular weight is 644 g/mol. The van der Waals surface area contributed by atoms with E-state index in [1.165, 1.54) is 17.8 Å². The summed E-state index contributed by atoms with van der Waals surface area (Å²) in [5.74, 6) is -1.32. The second kappa shape index (κ2) is 19.6. The number of aromatic nitrogens is 1. The topological polar surface area (TPSA) is 144 Å². The first-order valence-corrected chi connectivity index (χ1v) is 17.4. The van der Waals surface area contributed by atoms with Gasteiger partial charge in [-0.3, -0.25) is 14.4 Å². The van der Waals surface area contributed by atoms with Gasteiger partial charge >= 0.3 is 0 Å². The van der Waals surface area contributed by atoms with Gasteiger partial charge in [-0.25, -0.2) is 4.98 Å². The third kappa shape index (κ3) is 12.5. The van der Waals surface area contributed by atoms with E-state index in [0.29, 0.717) is 50.4 Å². The summed E-state index contributed by atoms with van der Waals surface area (Å²) in [6.07, 6.45) is 5.60. The van der Waals surface area contributed by atoms with E-state index in [1.54, 1.807) is 17.5 Å². The van der Waals surface area contributed by atoms with Gasteiger partial charge in [-0.2, -0.15) is 0 Å². The molecule has 5 N–H and O–H groups in total. The van der Waals surface area contributed by atoms with Gasteiger partial charge in [0.25, 0.3) is 0 Å². The molecule has 2 aromatic rings. The van der Waals surface area contributed by atoms with E-state index in [0.717, 1.165) is 31.2 Å². The molecule has 45 heavy (non-hydrogen) atoms. The normalized spacial score (nSPS) is 17.1. The highest BCUT2D eigenvalue weighted by Crippen LogP contribution is 2.29. The molecule has 5 atom stereocenters. The Morgan fingerprint density at radius 1 is 1.04 bits per heavy atom. The van der Waals surface area contributed by atoms with Crippen LogP contribution in [0.3, 0.4) is 0 Å². The van der Waals surface area contributed by atoms with Gasteiger partial charge in [0.1, 0.15) is 6.04 Å². The molecule has 10 nitrogen and oxygen atoms in total. The Balaban J connectivity index is 1.82. The van der Waals surface area contributed by atoms with E-state index >= 15 is 0 Å². The first kappa shape index (κ1) is 36.6. The van der Waals surface area contributed by atoms with Gasteiger partial charge in [0.15, 0.2) is 0 Å². The monoisotopic (exact) mass is 643 g/mol. The minimum absolute atomic E-state index is 0.00177. The molecular weight excluding hydrogens is 590 g/mol. The number of thiazole rings is 1. The molecule has 1 fully saturated rings. The number of hydrogen-bond donors (Lipinski definition) is 5. The highest BCUT2D eigenvalue weighted by Gasteiger charge is 2.34. The Morgan fingerprint density at radius 3 is 2.42 bits per heavy atom. The molecule has 1 aliphatic rings. The van der Waals surface area contributed by atoms with E-state index in [-0.39, 0.29) is 24.7 Å². The summed E-state index contributed by atoms with van der Waals surface area (Å²) < 4.78 is 0. The van der Waals surface area contributed by atoms with Crippen molar-refractivity contribution in [3.63, 3.8) is 0 Å². The summed E-state index contributed by atoms with van der Waals surface area (Å²) in [7, 11) is 3.54. The van der Waals surface area contributed by atoms with Gasteiger partial charge in [0, 0.05) is 38.4 Å². The van der Waals surface area contributed by atoms with Crippen LogP contribution in [0.4, 0.5) is 0 Å². The van der Waals surface area contributed by atoms with Crippen molar-refractivity contribution in [3.05, 3.63) is 52.5 Å². The predicted molar refractivity (Wildman–Crippen MR) is 178 cm³/mol. The van der Waals surface area contributed by atoms with Crippen LogP contribution < -0.4 is 16.0 Å². The lowest BCUT2D eigenvalue weighted by molar-refractivity contribution is -0.136. The zero-order valence-corrected chi connectivity index (χ0v) is 27.9. The number of nitrogens with one attached hydrogen (secondary N) is 3. The smallest absolute Gasteiger partial charge is 0.243 e. The minimum Gasteiger partial charge on any atom is -0.390 e. The van der Waals surface area contributed by atoms with Gasteiger partial charge in [0.05, 0.1) is 35.4 Å². The number of carbonyl (C=O) groups excluding carboxylic acids is 3. The molecule has 0 radical (unpaired) electrons. The van der Waals surface area contributed by atoms with E-state index in [4.69, 9.17) is 0 Å². The van der Waals surface area contributed by atoms with Crippen LogP contribution in [0.25, 0.3) is 0 Å². The van der Waals surface area contributed by atoms with E-state index in [1.807, 2.05) is 49.7 Å². The first-order valence-electron chi connectivity index (χ1n) is 16.5. The van der Waals surface area contributed by atoms with Crippen LogP contribution in [0.2, 0.25) is 0 Å². The standard InChI is InChI=1S/C34H53N5O5S/c1-4-11-30(40)32(42)28(19-25-14-9-6-10-15-25)37-34(44)29(21-27-22-45-23-36-27)38-33(43)26(18-24-12-7-5-8-13-24)20-31(41)39(3)17-16-35-2/h5,7-8,12-13,22-23,25-26,28-30,32,35,40,42H,4,6,9-11,14-21H2,1-3H3,(H,37,44)(H,38,43)/t26-,28+,29+,30+,32-/m1/s1. The summed E-state index contributed by atoms with van der Waals surface area (Å²) in [5, 5.41) is 32.7. The van der Waals surface area contributed by atoms with Crippen molar-refractivity contribution in [3.8, 4) is 0 Å². The zero-order chi connectivity index (χ0) is 32.6. The lowest BCUT2D eigenvalue weighted by atomic mass is 9.82. The summed E-state index contributed by atoms with van der Waals surface area (Å²) in [4.78, 5) is 47.0. The number of likely N-dealkylation sites (N-methyl/N-ethyl adjacent to an activating group) is 2. The SMILES string of the molecule is CCC[C@H](O)[C@H](O)[C@H](CC1CCCCC1)NC(=O)[C@H](Cc1cscn1)NC(=O)[C@@H](CC(=O)N(C)CCNC)Cc1ccccc1. The van der Waals surface area contributed by atoms with Crippen molar-refractivity contribution in [1.29, 1.82) is 0 Å². The van der Waals surface area contributed by atoms with Crippen LogP contribution in [-0.4, -0.2) is 89.3 Å². The Bertz CT molecular complexity index is 1150. The number of aliphatic hydroxyl groups excluding tert-OH is 2. The van der Waals surface area contributed by atoms with Crippen molar-refractivity contribution in [2.45, 2.75) is 102 Å². The molecule has 3 rings (SSSR count). The predicted octanol–water partition coefficient (Wildman–Crippen LogP) is 3.07. The maximum atomic E-state index is 13.9. The molecule has 0 saturated heterocycles. The molecular formula is C34H53N5O5S. The minimum atomic E-state index is -1.12. The van der Waals surface area contributed by atoms with Crippen LogP contribution in [0.15, 0.2) is 41.2 Å². The molecule has 0 spiro atoms. The van der Waals surface area contributed by atoms with Crippen LogP contribution in [0, 0.1) is 11.8 Å². The van der Waals surface area contributed by atoms with Gasteiger partial charge < -0.3 is 31.1 Å². The molecule has 0 unspecified atom stereocenters. The summed E-state index contributed by atoms with van der Waals surface area (Å²) >= 11 is 1.41. The molecule has 0 bridgehead atoms. The Morgan fingerprint density at radius 2 is 1.78 bits per heavy atom. The van der Waals surface area contributed by atoms with Crippen molar-refractivity contribution in [2.24, 2.45) is 11.8 Å². The third-order valence-electron chi connectivity index (χ3n) is 8.80. The summed E-state index contributed by atoms with van der Waals surface area (Å²) in [6, 6.07) is 7.92. The van der Waals surface area contributed by atoms with Crippen LogP contribution in [-0.2, 0) is 27.2 Å². The number of carbonyl (C=O) groups is 3. The van der Waals surface area contributed by atoms with Crippen molar-refractivity contribution in [2.75, 3.05) is 27.2 Å². The summed E-state index contributed by atoms with van der Waals surface area (Å²) in [5.41, 5.74) is 3.27. The summed E-state index contributed by atoms with van der Waals surface area (Å²) in [6.45, 7) is 3.09. The maximum Gasteiger partial charge on any atom is 0.243 e. The second-order valence-electron chi connectivity index (χ2n) is 12.5. The molecule has 1 aromatic heterocycles. The quantitative estimate of drug-likeness (QED) is 0.158. The molecule has 0 aliphatic heterocycles. The second-order valence-corrected chi connectivity index (χ2v) is 13.2. The number of aliphatic hydroxyl groups is 2. The third-order valence-corrected chi connectivity index (χ3v) is 9.44. The Kier molecular flexibility index (Phi) is 16.0. The fourth-order valence-corrected chi connectivity index (χ4v) is 6.63. The Hall–Kier alpha value is -2.86. The Labute approximate surface area is 272 Å².